The second-order valence-corrected chi connectivity index (χ2v) is 29.7. The van der Waals surface area contributed by atoms with Crippen LogP contribution in [0.25, 0.3) is 20.2 Å². The van der Waals surface area contributed by atoms with E-state index in [-0.39, 0.29) is 44.7 Å². The van der Waals surface area contributed by atoms with Crippen molar-refractivity contribution in [3.63, 3.8) is 0 Å². The molecule has 4 heterocycles. The molecule has 0 spiro atoms. The summed E-state index contributed by atoms with van der Waals surface area (Å²) in [4.78, 5) is 8.27. The molecule has 3 nitrogen and oxygen atoms in total. The van der Waals surface area contributed by atoms with Gasteiger partial charge in [-0.1, -0.05) is 157 Å². The molecule has 5 heteroatoms. The van der Waals surface area contributed by atoms with Gasteiger partial charge in [0.05, 0.1) is 15.9 Å². The third-order valence-corrected chi connectivity index (χ3v) is 22.3. The van der Waals surface area contributed by atoms with Gasteiger partial charge in [0, 0.05) is 60.7 Å². The van der Waals surface area contributed by atoms with Crippen molar-refractivity contribution in [2.45, 2.75) is 186 Å². The molecule has 0 radical (unpaired) electrons. The van der Waals surface area contributed by atoms with Crippen LogP contribution in [0.1, 0.15) is 180 Å². The monoisotopic (exact) mass is 1020 g/mol. The van der Waals surface area contributed by atoms with Crippen LogP contribution in [0.3, 0.4) is 0 Å². The molecule has 7 aromatic carbocycles. The molecule has 76 heavy (non-hydrogen) atoms. The molecule has 8 aromatic rings. The number of hydrogen-bond donors (Lipinski definition) is 0. The number of nitrogens with zero attached hydrogens (tertiary/aromatic N) is 3. The summed E-state index contributed by atoms with van der Waals surface area (Å²) in [6.45, 7) is 34.7. The van der Waals surface area contributed by atoms with E-state index in [2.05, 4.69) is 233 Å². The Morgan fingerprint density at radius 3 is 1.74 bits per heavy atom. The molecule has 1 saturated carbocycles. The molecule has 1 aromatic heterocycles. The third-order valence-electron chi connectivity index (χ3n) is 21.1. The fourth-order valence-corrected chi connectivity index (χ4v) is 17.3. The second kappa shape index (κ2) is 15.7. The van der Waals surface area contributed by atoms with Crippen LogP contribution in [0.2, 0.25) is 0 Å². The van der Waals surface area contributed by atoms with Crippen LogP contribution in [0.15, 0.2) is 121 Å². The van der Waals surface area contributed by atoms with Gasteiger partial charge in [-0.3, -0.25) is 0 Å². The lowest BCUT2D eigenvalue weighted by Gasteiger charge is -2.53. The molecule has 1 fully saturated rings. The summed E-state index contributed by atoms with van der Waals surface area (Å²) in [5, 5.41) is 2.66. The highest BCUT2D eigenvalue weighted by atomic mass is 32.1. The molecule has 0 amide bonds. The van der Waals surface area contributed by atoms with E-state index < -0.39 is 0 Å². The van der Waals surface area contributed by atoms with Crippen molar-refractivity contribution in [2.75, 3.05) is 14.7 Å². The van der Waals surface area contributed by atoms with Gasteiger partial charge >= 0.3 is 0 Å². The Balaban J connectivity index is 1.08. The van der Waals surface area contributed by atoms with Crippen molar-refractivity contribution in [1.82, 2.24) is 0 Å². The number of aryl methyl sites for hydroxylation is 1. The molecule has 14 rings (SSSR count). The van der Waals surface area contributed by atoms with Crippen molar-refractivity contribution in [2.24, 2.45) is 0 Å². The maximum Gasteiger partial charge on any atom is 0.252 e. The van der Waals surface area contributed by atoms with Gasteiger partial charge in [0.25, 0.3) is 6.71 Å². The third kappa shape index (κ3) is 6.59. The van der Waals surface area contributed by atoms with Crippen molar-refractivity contribution >= 4 is 100 Å². The van der Waals surface area contributed by atoms with Crippen LogP contribution in [0, 0.1) is 6.92 Å². The van der Waals surface area contributed by atoms with E-state index in [0.717, 1.165) is 0 Å². The standard InChI is InChI=1S/C71H78BN3S/c1-43-36-59-62-60(37-43)75-63-54(70(13)30-17-18-31-71(70,75)14)38-44(65(2,3)4)39-56(63)72(62)55-29-26-47(42-58(55)74(59)57-22-19-21-49-48-20-15-16-23-61(48)76-64(49)57)73(45-24-27-50-52(40-45)68(9,10)34-32-66(50,5)6)46-25-28-51-53(41-46)69(11,12)35-33-67(51,7)8/h15-16,19-29,36-42H,17-18,30-35H2,1-14H3. The highest BCUT2D eigenvalue weighted by Crippen LogP contribution is 2.63. The molecule has 0 saturated heterocycles. The SMILES string of the molecule is Cc1cc2c3c(c1)N1c4c(cc(C(C)(C)C)cc4C4(C)CCCCC14C)B3c1ccc(N(c3ccc4c(c3)C(C)(C)CCC4(C)C)c3ccc4c(c3)C(C)(C)CCC4(C)C)cc1N2c1cccc2c1sc1ccccc12. The number of anilines is 8. The zero-order valence-corrected chi connectivity index (χ0v) is 48.8. The lowest BCUT2D eigenvalue weighted by atomic mass is 9.33. The molecule has 0 N–H and O–H groups in total. The maximum absolute atomic E-state index is 2.91. The average molecular weight is 1020 g/mol. The molecule has 2 unspecified atom stereocenters. The topological polar surface area (TPSA) is 9.72 Å². The summed E-state index contributed by atoms with van der Waals surface area (Å²) in [6.07, 6.45) is 9.67. The molecular weight excluding hydrogens is 938 g/mol. The van der Waals surface area contributed by atoms with Gasteiger partial charge in [0.15, 0.2) is 0 Å². The quantitative estimate of drug-likeness (QED) is 0.163. The number of benzene rings is 7. The Kier molecular flexibility index (Phi) is 10.0. The largest absolute Gasteiger partial charge is 0.335 e. The first-order chi connectivity index (χ1) is 35.9. The van der Waals surface area contributed by atoms with E-state index in [1.54, 1.807) is 5.56 Å². The zero-order valence-electron chi connectivity index (χ0n) is 48.0. The predicted molar refractivity (Wildman–Crippen MR) is 330 cm³/mol. The predicted octanol–water partition coefficient (Wildman–Crippen LogP) is 18.2. The van der Waals surface area contributed by atoms with Gasteiger partial charge < -0.3 is 14.7 Å². The summed E-state index contributed by atoms with van der Waals surface area (Å²) in [5.74, 6) is 0. The Hall–Kier alpha value is -5.78. The normalized spacial score (nSPS) is 22.9. The van der Waals surface area contributed by atoms with Gasteiger partial charge in [-0.2, -0.15) is 0 Å². The van der Waals surface area contributed by atoms with Crippen molar-refractivity contribution in [1.29, 1.82) is 0 Å². The lowest BCUT2D eigenvalue weighted by Crippen LogP contribution is -2.64. The van der Waals surface area contributed by atoms with Crippen LogP contribution in [-0.2, 0) is 32.5 Å². The van der Waals surface area contributed by atoms with Crippen LogP contribution >= 0.6 is 11.3 Å². The minimum absolute atomic E-state index is 0.0151. The number of rotatable bonds is 4. The van der Waals surface area contributed by atoms with E-state index in [1.807, 2.05) is 11.3 Å². The number of fused-ring (bicyclic) bond motifs is 12. The highest BCUT2D eigenvalue weighted by molar-refractivity contribution is 7.26. The summed E-state index contributed by atoms with van der Waals surface area (Å²) in [5.41, 5.74) is 25.4. The van der Waals surface area contributed by atoms with Crippen LogP contribution in [0.5, 0.6) is 0 Å². The highest BCUT2D eigenvalue weighted by Gasteiger charge is 2.61. The number of hydrogen-bond acceptors (Lipinski definition) is 4. The average Bonchev–Trinajstić information content (AvgIpc) is 3.44. The van der Waals surface area contributed by atoms with Gasteiger partial charge in [-0.15, -0.1) is 11.3 Å². The lowest BCUT2D eigenvalue weighted by molar-refractivity contribution is 0.195. The summed E-state index contributed by atoms with van der Waals surface area (Å²) in [6, 6.07) is 49.3. The zero-order chi connectivity index (χ0) is 53.0. The van der Waals surface area contributed by atoms with E-state index in [9.17, 15) is 0 Å². The Labute approximate surface area is 458 Å². The molecule has 3 aliphatic carbocycles. The van der Waals surface area contributed by atoms with Crippen molar-refractivity contribution in [3.05, 3.63) is 160 Å². The second-order valence-electron chi connectivity index (χ2n) is 28.7. The fourth-order valence-electron chi connectivity index (χ4n) is 16.1. The minimum atomic E-state index is -0.0519. The molecule has 3 aliphatic heterocycles. The first kappa shape index (κ1) is 48.6. The van der Waals surface area contributed by atoms with E-state index in [4.69, 9.17) is 0 Å². The van der Waals surface area contributed by atoms with Crippen molar-refractivity contribution in [3.8, 4) is 0 Å². The van der Waals surface area contributed by atoms with E-state index in [0.29, 0.717) is 0 Å². The first-order valence-corrected chi connectivity index (χ1v) is 29.8. The Morgan fingerprint density at radius 1 is 0.500 bits per heavy atom. The Bertz CT molecular complexity index is 3720. The van der Waals surface area contributed by atoms with Crippen LogP contribution in [-0.4, -0.2) is 12.3 Å². The molecular formula is C71H78BN3S. The van der Waals surface area contributed by atoms with Crippen LogP contribution in [0.4, 0.5) is 45.5 Å². The smallest absolute Gasteiger partial charge is 0.252 e. The number of thiophene rings is 1. The van der Waals surface area contributed by atoms with Crippen LogP contribution < -0.4 is 31.1 Å². The first-order valence-electron chi connectivity index (χ1n) is 29.0. The van der Waals surface area contributed by atoms with Gasteiger partial charge in [-0.05, 0) is 195 Å². The van der Waals surface area contributed by atoms with Gasteiger partial charge in [0.1, 0.15) is 0 Å². The minimum Gasteiger partial charge on any atom is -0.335 e. The van der Waals surface area contributed by atoms with Gasteiger partial charge in [0.2, 0.25) is 0 Å². The molecule has 0 bridgehead atoms. The van der Waals surface area contributed by atoms with E-state index >= 15 is 0 Å². The van der Waals surface area contributed by atoms with Crippen molar-refractivity contribution < 1.29 is 0 Å². The molecule has 386 valence electrons. The Morgan fingerprint density at radius 2 is 1.08 bits per heavy atom. The summed E-state index contributed by atoms with van der Waals surface area (Å²) in [7, 11) is 0. The van der Waals surface area contributed by atoms with E-state index in [1.165, 1.54) is 167 Å². The summed E-state index contributed by atoms with van der Waals surface area (Å²) < 4.78 is 2.67. The molecule has 2 atom stereocenters. The van der Waals surface area contributed by atoms with Gasteiger partial charge in [-0.25, -0.2) is 0 Å². The molecule has 6 aliphatic rings. The maximum atomic E-state index is 2.91. The fraction of sp³-hybridized carbons (Fsp3) is 0.408. The summed E-state index contributed by atoms with van der Waals surface area (Å²) >= 11 is 1.95.